The van der Waals surface area contributed by atoms with Crippen LogP contribution in [0, 0.1) is 11.3 Å². The maximum atomic E-state index is 8.94. The van der Waals surface area contributed by atoms with Crippen molar-refractivity contribution in [2.45, 2.75) is 19.3 Å². The standard InChI is InChI=1S/C11H9N5S/c12-6-7-4-5-13-16-10(7)15-11-14-8-2-1-3-9(8)17-11/h4-5H,1-3H2,(H,14,15,16). The zero-order chi connectivity index (χ0) is 11.7. The average Bonchev–Trinajstić information content (AvgIpc) is 2.90. The highest BCUT2D eigenvalue weighted by atomic mass is 32.1. The molecule has 6 heteroatoms. The van der Waals surface area contributed by atoms with E-state index in [2.05, 4.69) is 26.6 Å². The van der Waals surface area contributed by atoms with E-state index in [4.69, 9.17) is 5.26 Å². The smallest absolute Gasteiger partial charge is 0.188 e. The number of fused-ring (bicyclic) bond motifs is 1. The Morgan fingerprint density at radius 3 is 3.18 bits per heavy atom. The van der Waals surface area contributed by atoms with Crippen LogP contribution in [0.2, 0.25) is 0 Å². The first-order chi connectivity index (χ1) is 8.36. The molecule has 3 rings (SSSR count). The van der Waals surface area contributed by atoms with Crippen LogP contribution in [-0.2, 0) is 12.8 Å². The molecule has 0 radical (unpaired) electrons. The van der Waals surface area contributed by atoms with Crippen LogP contribution in [0.4, 0.5) is 10.9 Å². The van der Waals surface area contributed by atoms with E-state index in [-0.39, 0.29) is 0 Å². The summed E-state index contributed by atoms with van der Waals surface area (Å²) in [4.78, 5) is 5.83. The van der Waals surface area contributed by atoms with Crippen molar-refractivity contribution in [3.63, 3.8) is 0 Å². The fraction of sp³-hybridized carbons (Fsp3) is 0.273. The maximum Gasteiger partial charge on any atom is 0.188 e. The minimum atomic E-state index is 0.474. The van der Waals surface area contributed by atoms with Gasteiger partial charge in [0, 0.05) is 4.88 Å². The van der Waals surface area contributed by atoms with Crippen LogP contribution in [0.3, 0.4) is 0 Å². The molecule has 1 N–H and O–H groups in total. The Labute approximate surface area is 102 Å². The molecule has 2 heterocycles. The van der Waals surface area contributed by atoms with Crippen molar-refractivity contribution in [3.8, 4) is 6.07 Å². The SMILES string of the molecule is N#Cc1ccnnc1Nc1nc2c(s1)CCC2. The Kier molecular flexibility index (Phi) is 2.46. The van der Waals surface area contributed by atoms with E-state index >= 15 is 0 Å². The molecule has 0 unspecified atom stereocenters. The van der Waals surface area contributed by atoms with Crippen molar-refractivity contribution >= 4 is 22.3 Å². The summed E-state index contributed by atoms with van der Waals surface area (Å²) in [5.74, 6) is 0.474. The van der Waals surface area contributed by atoms with E-state index in [1.165, 1.54) is 23.2 Å². The first-order valence-corrected chi connectivity index (χ1v) is 6.16. The van der Waals surface area contributed by atoms with Gasteiger partial charge in [0.05, 0.1) is 17.5 Å². The molecular formula is C11H9N5S. The molecule has 0 bridgehead atoms. The van der Waals surface area contributed by atoms with E-state index in [0.29, 0.717) is 11.4 Å². The Morgan fingerprint density at radius 2 is 2.35 bits per heavy atom. The van der Waals surface area contributed by atoms with Crippen molar-refractivity contribution < 1.29 is 0 Å². The molecule has 84 valence electrons. The number of hydrogen-bond acceptors (Lipinski definition) is 6. The predicted molar refractivity (Wildman–Crippen MR) is 64.2 cm³/mol. The summed E-state index contributed by atoms with van der Waals surface area (Å²) in [6, 6.07) is 3.71. The third-order valence-electron chi connectivity index (χ3n) is 2.66. The third-order valence-corrected chi connectivity index (χ3v) is 3.74. The molecule has 0 saturated carbocycles. The number of aryl methyl sites for hydroxylation is 2. The second-order valence-corrected chi connectivity index (χ2v) is 4.86. The molecule has 1 aliphatic rings. The van der Waals surface area contributed by atoms with Crippen molar-refractivity contribution in [2.75, 3.05) is 5.32 Å². The molecular weight excluding hydrogens is 234 g/mol. The van der Waals surface area contributed by atoms with Gasteiger partial charge in [0.15, 0.2) is 10.9 Å². The zero-order valence-corrected chi connectivity index (χ0v) is 9.79. The minimum Gasteiger partial charge on any atom is -0.314 e. The lowest BCUT2D eigenvalue weighted by Gasteiger charge is -2.01. The number of aromatic nitrogens is 3. The fourth-order valence-electron chi connectivity index (χ4n) is 1.86. The molecule has 1 aliphatic carbocycles. The summed E-state index contributed by atoms with van der Waals surface area (Å²) in [5.41, 5.74) is 1.66. The lowest BCUT2D eigenvalue weighted by atomic mass is 10.3. The lowest BCUT2D eigenvalue weighted by Crippen LogP contribution is -1.98. The average molecular weight is 243 g/mol. The third kappa shape index (κ3) is 1.85. The molecule has 2 aromatic heterocycles. The Morgan fingerprint density at radius 1 is 1.41 bits per heavy atom. The molecule has 2 aromatic rings. The molecule has 0 aromatic carbocycles. The number of nitrogens with one attached hydrogen (secondary N) is 1. The van der Waals surface area contributed by atoms with Gasteiger partial charge < -0.3 is 5.32 Å². The predicted octanol–water partition coefficient (Wildman–Crippen LogP) is 2.04. The van der Waals surface area contributed by atoms with Crippen LogP contribution in [0.25, 0.3) is 0 Å². The van der Waals surface area contributed by atoms with Crippen LogP contribution in [0.5, 0.6) is 0 Å². The van der Waals surface area contributed by atoms with Crippen molar-refractivity contribution in [3.05, 3.63) is 28.4 Å². The topological polar surface area (TPSA) is 74.5 Å². The van der Waals surface area contributed by atoms with Gasteiger partial charge in [-0.25, -0.2) is 4.98 Å². The van der Waals surface area contributed by atoms with Gasteiger partial charge in [0.2, 0.25) is 0 Å². The Bertz CT molecular complexity index is 577. The molecule has 5 nitrogen and oxygen atoms in total. The van der Waals surface area contributed by atoms with E-state index in [9.17, 15) is 0 Å². The van der Waals surface area contributed by atoms with Gasteiger partial charge in [-0.1, -0.05) is 0 Å². The van der Waals surface area contributed by atoms with E-state index in [1.807, 2.05) is 0 Å². The minimum absolute atomic E-state index is 0.474. The van der Waals surface area contributed by atoms with Crippen molar-refractivity contribution in [1.82, 2.24) is 15.2 Å². The largest absolute Gasteiger partial charge is 0.314 e. The normalized spacial score (nSPS) is 13.1. The maximum absolute atomic E-state index is 8.94. The summed E-state index contributed by atoms with van der Waals surface area (Å²) in [6.45, 7) is 0. The first kappa shape index (κ1) is 10.2. The highest BCUT2D eigenvalue weighted by molar-refractivity contribution is 7.15. The van der Waals surface area contributed by atoms with Crippen LogP contribution < -0.4 is 5.32 Å². The van der Waals surface area contributed by atoms with Gasteiger partial charge in [-0.2, -0.15) is 10.4 Å². The number of thiazole rings is 1. The summed E-state index contributed by atoms with van der Waals surface area (Å²) >= 11 is 1.64. The zero-order valence-electron chi connectivity index (χ0n) is 8.97. The van der Waals surface area contributed by atoms with E-state index < -0.39 is 0 Å². The summed E-state index contributed by atoms with van der Waals surface area (Å²) < 4.78 is 0. The van der Waals surface area contributed by atoms with E-state index in [0.717, 1.165) is 18.0 Å². The molecule has 0 spiro atoms. The van der Waals surface area contributed by atoms with Crippen molar-refractivity contribution in [2.24, 2.45) is 0 Å². The van der Waals surface area contributed by atoms with Gasteiger partial charge in [-0.3, -0.25) is 0 Å². The quantitative estimate of drug-likeness (QED) is 0.873. The van der Waals surface area contributed by atoms with Crippen LogP contribution in [-0.4, -0.2) is 15.2 Å². The Balaban J connectivity index is 1.89. The lowest BCUT2D eigenvalue weighted by molar-refractivity contribution is 0.900. The summed E-state index contributed by atoms with van der Waals surface area (Å²) in [5, 5.41) is 20.5. The summed E-state index contributed by atoms with van der Waals surface area (Å²) in [6.07, 6.45) is 4.87. The number of hydrogen-bond donors (Lipinski definition) is 1. The molecule has 0 aliphatic heterocycles. The van der Waals surface area contributed by atoms with Gasteiger partial charge in [-0.15, -0.1) is 16.4 Å². The molecule has 0 amide bonds. The van der Waals surface area contributed by atoms with Gasteiger partial charge in [0.1, 0.15) is 6.07 Å². The second kappa shape index (κ2) is 4.11. The molecule has 0 saturated heterocycles. The highest BCUT2D eigenvalue weighted by Crippen LogP contribution is 2.31. The van der Waals surface area contributed by atoms with Gasteiger partial charge >= 0.3 is 0 Å². The van der Waals surface area contributed by atoms with Crippen LogP contribution >= 0.6 is 11.3 Å². The molecule has 0 fully saturated rings. The van der Waals surface area contributed by atoms with Gasteiger partial charge in [-0.05, 0) is 25.3 Å². The fourth-order valence-corrected chi connectivity index (χ4v) is 2.91. The number of rotatable bonds is 2. The molecule has 17 heavy (non-hydrogen) atoms. The first-order valence-electron chi connectivity index (χ1n) is 5.34. The van der Waals surface area contributed by atoms with Crippen molar-refractivity contribution in [1.29, 1.82) is 5.26 Å². The van der Waals surface area contributed by atoms with Gasteiger partial charge in [0.25, 0.3) is 0 Å². The monoisotopic (exact) mass is 243 g/mol. The second-order valence-electron chi connectivity index (χ2n) is 3.77. The number of nitrogens with zero attached hydrogens (tertiary/aromatic N) is 4. The highest BCUT2D eigenvalue weighted by Gasteiger charge is 2.17. The van der Waals surface area contributed by atoms with E-state index in [1.54, 1.807) is 17.4 Å². The van der Waals surface area contributed by atoms with Crippen LogP contribution in [0.15, 0.2) is 12.3 Å². The van der Waals surface area contributed by atoms with Crippen LogP contribution in [0.1, 0.15) is 22.6 Å². The number of anilines is 2. The molecule has 0 atom stereocenters. The Hall–Kier alpha value is -2.00. The summed E-state index contributed by atoms with van der Waals surface area (Å²) in [7, 11) is 0. The number of nitriles is 1.